The van der Waals surface area contributed by atoms with Crippen LogP contribution in [0.2, 0.25) is 5.02 Å². The van der Waals surface area contributed by atoms with E-state index in [2.05, 4.69) is 15.4 Å². The zero-order valence-corrected chi connectivity index (χ0v) is 15.7. The molecule has 2 heterocycles. The largest absolute Gasteiger partial charge is 0.350 e. The zero-order valence-electron chi connectivity index (χ0n) is 14.2. The highest BCUT2D eigenvalue weighted by Gasteiger charge is 2.19. The number of hydrogen-bond acceptors (Lipinski definition) is 5. The summed E-state index contributed by atoms with van der Waals surface area (Å²) in [6, 6.07) is 20.4. The number of carbonyl (C=O) groups is 1. The van der Waals surface area contributed by atoms with Gasteiger partial charge in [0.15, 0.2) is 5.82 Å². The van der Waals surface area contributed by atoms with Gasteiger partial charge in [0.2, 0.25) is 5.95 Å². The van der Waals surface area contributed by atoms with Crippen molar-refractivity contribution in [2.45, 2.75) is 6.54 Å². The Morgan fingerprint density at radius 2 is 1.93 bits per heavy atom. The second-order valence-corrected chi connectivity index (χ2v) is 7.19. The van der Waals surface area contributed by atoms with E-state index in [9.17, 15) is 4.79 Å². The van der Waals surface area contributed by atoms with Gasteiger partial charge in [-0.2, -0.15) is 9.67 Å². The van der Waals surface area contributed by atoms with E-state index in [4.69, 9.17) is 11.6 Å². The first-order valence-electron chi connectivity index (χ1n) is 8.30. The summed E-state index contributed by atoms with van der Waals surface area (Å²) in [7, 11) is 0. The Kier molecular flexibility index (Phi) is 5.00. The van der Waals surface area contributed by atoms with Crippen molar-refractivity contribution in [3.05, 3.63) is 88.3 Å². The van der Waals surface area contributed by atoms with E-state index in [0.717, 1.165) is 10.4 Å². The monoisotopic (exact) mass is 394 g/mol. The minimum Gasteiger partial charge on any atom is -0.350 e. The average Bonchev–Trinajstić information content (AvgIpc) is 3.36. The van der Waals surface area contributed by atoms with Crippen molar-refractivity contribution in [3.63, 3.8) is 0 Å². The van der Waals surface area contributed by atoms with Gasteiger partial charge in [0.1, 0.15) is 0 Å². The van der Waals surface area contributed by atoms with E-state index < -0.39 is 0 Å². The molecule has 0 saturated carbocycles. The van der Waals surface area contributed by atoms with Gasteiger partial charge in [0.05, 0.1) is 4.88 Å². The fourth-order valence-corrected chi connectivity index (χ4v) is 3.47. The number of nitrogens with one attached hydrogen (secondary N) is 1. The third-order valence-corrected chi connectivity index (χ3v) is 5.00. The number of carbonyl (C=O) groups excluding carboxylic acids is 1. The molecule has 27 heavy (non-hydrogen) atoms. The van der Waals surface area contributed by atoms with Crippen LogP contribution >= 0.6 is 22.9 Å². The summed E-state index contributed by atoms with van der Waals surface area (Å²) < 4.78 is 1.31. The highest BCUT2D eigenvalue weighted by atomic mass is 35.5. The van der Waals surface area contributed by atoms with Crippen LogP contribution in [0.25, 0.3) is 10.7 Å². The van der Waals surface area contributed by atoms with E-state index >= 15 is 0 Å². The maximum Gasteiger partial charge on any atom is 0.281 e. The lowest BCUT2D eigenvalue weighted by molar-refractivity contribution is 0.0947. The van der Waals surface area contributed by atoms with Gasteiger partial charge in [0, 0.05) is 17.1 Å². The summed E-state index contributed by atoms with van der Waals surface area (Å²) >= 11 is 7.57. The Bertz CT molecular complexity index is 1060. The minimum atomic E-state index is -0.237. The van der Waals surface area contributed by atoms with Crippen LogP contribution in [0.5, 0.6) is 0 Å². The molecular weight excluding hydrogens is 380 g/mol. The first-order valence-corrected chi connectivity index (χ1v) is 9.55. The van der Waals surface area contributed by atoms with E-state index in [1.165, 1.54) is 16.0 Å². The number of nitrogens with zero attached hydrogens (tertiary/aromatic N) is 3. The van der Waals surface area contributed by atoms with Crippen LogP contribution in [0.15, 0.2) is 72.1 Å². The number of anilines is 1. The quantitative estimate of drug-likeness (QED) is 0.519. The highest BCUT2D eigenvalue weighted by molar-refractivity contribution is 7.13. The van der Waals surface area contributed by atoms with E-state index in [-0.39, 0.29) is 5.91 Å². The Balaban J connectivity index is 1.67. The minimum absolute atomic E-state index is 0.237. The van der Waals surface area contributed by atoms with E-state index in [1.807, 2.05) is 60.0 Å². The summed E-state index contributed by atoms with van der Waals surface area (Å²) in [6.07, 6.45) is 0. The first kappa shape index (κ1) is 17.5. The van der Waals surface area contributed by atoms with Crippen LogP contribution in [-0.4, -0.2) is 20.7 Å². The van der Waals surface area contributed by atoms with Crippen molar-refractivity contribution in [1.82, 2.24) is 14.8 Å². The van der Waals surface area contributed by atoms with Crippen molar-refractivity contribution in [2.75, 3.05) is 5.32 Å². The van der Waals surface area contributed by atoms with Gasteiger partial charge < -0.3 is 5.32 Å². The molecule has 0 amide bonds. The number of hydrogen-bond donors (Lipinski definition) is 1. The fraction of sp³-hybridized carbons (Fsp3) is 0.0500. The summed E-state index contributed by atoms with van der Waals surface area (Å²) in [6.45, 7) is 0.477. The lowest BCUT2D eigenvalue weighted by Gasteiger charge is -2.07. The number of thiophene rings is 1. The number of benzene rings is 2. The summed E-state index contributed by atoms with van der Waals surface area (Å²) in [4.78, 5) is 18.4. The molecule has 7 heteroatoms. The highest BCUT2D eigenvalue weighted by Crippen LogP contribution is 2.24. The first-order chi connectivity index (χ1) is 13.2. The normalized spacial score (nSPS) is 10.7. The molecule has 0 bridgehead atoms. The molecule has 0 fully saturated rings. The smallest absolute Gasteiger partial charge is 0.281 e. The SMILES string of the molecule is O=C(c1ccccc1)n1nc(-c2cccs2)nc1NCc1cccc(Cl)c1. The molecule has 4 rings (SSSR count). The molecule has 1 N–H and O–H groups in total. The fourth-order valence-electron chi connectivity index (χ4n) is 2.61. The van der Waals surface area contributed by atoms with Gasteiger partial charge in [-0.05, 0) is 41.3 Å². The lowest BCUT2D eigenvalue weighted by atomic mass is 10.2. The van der Waals surface area contributed by atoms with Gasteiger partial charge in [-0.1, -0.05) is 48.0 Å². The number of rotatable bonds is 5. The summed E-state index contributed by atoms with van der Waals surface area (Å²) in [5, 5.41) is 10.3. The molecule has 0 atom stereocenters. The third kappa shape index (κ3) is 3.92. The molecular formula is C20H15ClN4OS. The number of aromatic nitrogens is 3. The predicted octanol–water partition coefficient (Wildman–Crippen LogP) is 4.96. The maximum absolute atomic E-state index is 12.9. The predicted molar refractivity (Wildman–Crippen MR) is 108 cm³/mol. The van der Waals surface area contributed by atoms with Crippen LogP contribution in [0.3, 0.4) is 0 Å². The van der Waals surface area contributed by atoms with Crippen molar-refractivity contribution >= 4 is 34.8 Å². The Morgan fingerprint density at radius 3 is 2.67 bits per heavy atom. The van der Waals surface area contributed by atoms with Crippen molar-refractivity contribution in [2.24, 2.45) is 0 Å². The molecule has 0 radical (unpaired) electrons. The molecule has 0 spiro atoms. The molecule has 0 aliphatic heterocycles. The Morgan fingerprint density at radius 1 is 1.07 bits per heavy atom. The average molecular weight is 395 g/mol. The van der Waals surface area contributed by atoms with Gasteiger partial charge in [-0.3, -0.25) is 4.79 Å². The second-order valence-electron chi connectivity index (χ2n) is 5.80. The lowest BCUT2D eigenvalue weighted by Crippen LogP contribution is -2.17. The van der Waals surface area contributed by atoms with Gasteiger partial charge in [-0.25, -0.2) is 0 Å². The molecule has 134 valence electrons. The van der Waals surface area contributed by atoms with E-state index in [1.54, 1.807) is 12.1 Å². The molecule has 4 aromatic rings. The topological polar surface area (TPSA) is 59.8 Å². The van der Waals surface area contributed by atoms with Crippen molar-refractivity contribution in [3.8, 4) is 10.7 Å². The molecule has 0 saturated heterocycles. The van der Waals surface area contributed by atoms with Crippen LogP contribution in [0, 0.1) is 0 Å². The molecule has 0 aliphatic carbocycles. The molecule has 2 aromatic carbocycles. The van der Waals surface area contributed by atoms with Gasteiger partial charge in [-0.15, -0.1) is 16.4 Å². The Labute approximate surface area is 165 Å². The Hall–Kier alpha value is -2.96. The number of halogens is 1. The molecule has 0 unspecified atom stereocenters. The summed E-state index contributed by atoms with van der Waals surface area (Å²) in [5.74, 6) is 0.676. The maximum atomic E-state index is 12.9. The molecule has 0 aliphatic rings. The summed E-state index contributed by atoms with van der Waals surface area (Å²) in [5.41, 5.74) is 1.54. The van der Waals surface area contributed by atoms with Crippen LogP contribution in [0.4, 0.5) is 5.95 Å². The zero-order chi connectivity index (χ0) is 18.6. The van der Waals surface area contributed by atoms with Crippen LogP contribution < -0.4 is 5.32 Å². The van der Waals surface area contributed by atoms with Crippen molar-refractivity contribution in [1.29, 1.82) is 0 Å². The van der Waals surface area contributed by atoms with Crippen LogP contribution in [0.1, 0.15) is 15.9 Å². The third-order valence-electron chi connectivity index (χ3n) is 3.90. The van der Waals surface area contributed by atoms with E-state index in [0.29, 0.717) is 28.9 Å². The van der Waals surface area contributed by atoms with Crippen LogP contribution in [-0.2, 0) is 6.54 Å². The van der Waals surface area contributed by atoms with Gasteiger partial charge in [0.25, 0.3) is 5.91 Å². The molecule has 5 nitrogen and oxygen atoms in total. The standard InChI is InChI=1S/C20H15ClN4OS/c21-16-9-4-6-14(12-16)13-22-20-23-18(17-10-5-11-27-17)24-25(20)19(26)15-7-2-1-3-8-15/h1-12H,13H2,(H,22,23,24). The van der Waals surface area contributed by atoms with Gasteiger partial charge >= 0.3 is 0 Å². The second kappa shape index (κ2) is 7.73. The molecule has 2 aromatic heterocycles. The van der Waals surface area contributed by atoms with Crippen molar-refractivity contribution < 1.29 is 4.79 Å².